The second kappa shape index (κ2) is 13.6. The van der Waals surface area contributed by atoms with Gasteiger partial charge in [-0.2, -0.15) is 0 Å². The monoisotopic (exact) mass is 591 g/mol. The summed E-state index contributed by atoms with van der Waals surface area (Å²) in [6, 6.07) is 10.6. The number of pyridine rings is 1. The lowest BCUT2D eigenvalue weighted by atomic mass is 9.81. The highest BCUT2D eigenvalue weighted by atomic mass is 19.4. The number of nitrogens with one attached hydrogen (secondary N) is 1. The summed E-state index contributed by atoms with van der Waals surface area (Å²) in [6.07, 6.45) is -1.20. The summed E-state index contributed by atoms with van der Waals surface area (Å²) in [4.78, 5) is 36.7. The van der Waals surface area contributed by atoms with Crippen LogP contribution in [-0.4, -0.2) is 84.6 Å². The summed E-state index contributed by atoms with van der Waals surface area (Å²) in [7, 11) is 0. The zero-order valence-electron chi connectivity index (χ0n) is 24.4. The quantitative estimate of drug-likeness (QED) is 0.412. The van der Waals surface area contributed by atoms with E-state index in [-0.39, 0.29) is 29.6 Å². The van der Waals surface area contributed by atoms with Crippen LogP contribution in [0.5, 0.6) is 5.75 Å². The average Bonchev–Trinajstić information content (AvgIpc) is 2.92. The Morgan fingerprint density at radius 1 is 0.976 bits per heavy atom. The first-order chi connectivity index (χ1) is 19.8. The van der Waals surface area contributed by atoms with Crippen LogP contribution < -0.4 is 15.0 Å². The van der Waals surface area contributed by atoms with E-state index in [0.717, 1.165) is 57.1 Å². The minimum absolute atomic E-state index is 0.0810. The maximum Gasteiger partial charge on any atom is 0.573 e. The molecule has 0 saturated carbocycles. The lowest BCUT2D eigenvalue weighted by molar-refractivity contribution is -0.274. The van der Waals surface area contributed by atoms with E-state index < -0.39 is 12.0 Å². The Morgan fingerprint density at radius 2 is 1.69 bits per heavy atom. The van der Waals surface area contributed by atoms with Crippen molar-refractivity contribution < 1.29 is 32.2 Å². The molecule has 1 N–H and O–H groups in total. The first-order valence-electron chi connectivity index (χ1n) is 14.4. The number of halogens is 3. The molecule has 1 aromatic heterocycles. The number of benzene rings is 1. The molecule has 9 nitrogen and oxygen atoms in total. The van der Waals surface area contributed by atoms with Crippen LogP contribution in [0.25, 0.3) is 0 Å². The summed E-state index contributed by atoms with van der Waals surface area (Å²) in [5.41, 5.74) is -0.200. The highest BCUT2D eigenvalue weighted by Gasteiger charge is 2.35. The molecule has 2 amide bonds. The van der Waals surface area contributed by atoms with Crippen molar-refractivity contribution in [3.8, 4) is 5.75 Å². The number of ether oxygens (including phenoxy) is 2. The number of likely N-dealkylation sites (tertiary alicyclic amines) is 1. The van der Waals surface area contributed by atoms with E-state index in [9.17, 15) is 22.8 Å². The van der Waals surface area contributed by atoms with Crippen molar-refractivity contribution in [2.45, 2.75) is 52.0 Å². The van der Waals surface area contributed by atoms with Gasteiger partial charge in [0.1, 0.15) is 17.2 Å². The Kier molecular flexibility index (Phi) is 10.2. The third-order valence-corrected chi connectivity index (χ3v) is 7.53. The lowest BCUT2D eigenvalue weighted by Gasteiger charge is -2.40. The number of amides is 2. The number of carbonyl (C=O) groups excluding carboxylic acids is 2. The van der Waals surface area contributed by atoms with Gasteiger partial charge in [0.2, 0.25) is 0 Å². The van der Waals surface area contributed by atoms with E-state index in [1.54, 1.807) is 11.1 Å². The van der Waals surface area contributed by atoms with Gasteiger partial charge in [0.05, 0.1) is 0 Å². The molecule has 3 heterocycles. The van der Waals surface area contributed by atoms with Gasteiger partial charge in [0.15, 0.2) is 0 Å². The highest BCUT2D eigenvalue weighted by molar-refractivity contribution is 5.89. The summed E-state index contributed by atoms with van der Waals surface area (Å²) in [5.74, 6) is 0.557. The van der Waals surface area contributed by atoms with Crippen LogP contribution in [0, 0.1) is 11.8 Å². The van der Waals surface area contributed by atoms with Gasteiger partial charge < -0.3 is 24.6 Å². The molecule has 2 atom stereocenters. The Balaban J connectivity index is 1.34. The minimum Gasteiger partial charge on any atom is -0.460 e. The van der Waals surface area contributed by atoms with Gasteiger partial charge in [-0.05, 0) is 88.4 Å². The third-order valence-electron chi connectivity index (χ3n) is 7.53. The van der Waals surface area contributed by atoms with Gasteiger partial charge in [-0.15, -0.1) is 13.2 Å². The van der Waals surface area contributed by atoms with Crippen LogP contribution in [0.15, 0.2) is 48.7 Å². The molecule has 0 bridgehead atoms. The summed E-state index contributed by atoms with van der Waals surface area (Å²) in [6.45, 7) is 10.9. The Morgan fingerprint density at radius 3 is 2.31 bits per heavy atom. The van der Waals surface area contributed by atoms with Crippen molar-refractivity contribution in [1.29, 1.82) is 0 Å². The zero-order valence-corrected chi connectivity index (χ0v) is 24.4. The number of piperazine rings is 1. The summed E-state index contributed by atoms with van der Waals surface area (Å²) >= 11 is 0. The standard InChI is InChI=1S/C30H40F3N5O4/c1-29(2,3)42-27(39)20-22-12-15-38(28(40)35-24-7-9-25(10-8-24)41-30(31,32)33)21-23(22)11-14-36-16-18-37(19-17-36)26-6-4-5-13-34-26/h4-10,13,22-23H,11-12,14-21H2,1-3H3,(H,35,40)/t22-,23-/m0/s1. The molecule has 0 spiro atoms. The van der Waals surface area contributed by atoms with Crippen LogP contribution >= 0.6 is 0 Å². The predicted molar refractivity (Wildman–Crippen MR) is 153 cm³/mol. The van der Waals surface area contributed by atoms with E-state index in [0.29, 0.717) is 31.6 Å². The van der Waals surface area contributed by atoms with Gasteiger partial charge in [0, 0.05) is 57.6 Å². The zero-order chi connectivity index (χ0) is 30.3. The lowest BCUT2D eigenvalue weighted by Crippen LogP contribution is -2.49. The molecule has 0 aliphatic carbocycles. The van der Waals surface area contributed by atoms with Gasteiger partial charge in [-0.25, -0.2) is 9.78 Å². The van der Waals surface area contributed by atoms with Crippen LogP contribution in [0.2, 0.25) is 0 Å². The molecular weight excluding hydrogens is 551 g/mol. The van der Waals surface area contributed by atoms with Crippen LogP contribution in [0.4, 0.5) is 29.5 Å². The van der Waals surface area contributed by atoms with Crippen molar-refractivity contribution in [3.05, 3.63) is 48.7 Å². The largest absolute Gasteiger partial charge is 0.573 e. The smallest absolute Gasteiger partial charge is 0.460 e. The number of anilines is 2. The SMILES string of the molecule is CC(C)(C)OC(=O)C[C@@H]1CCN(C(=O)Nc2ccc(OC(F)(F)F)cc2)C[C@@H]1CCN1CCN(c2ccccn2)CC1. The second-order valence-corrected chi connectivity index (χ2v) is 11.9. The average molecular weight is 592 g/mol. The van der Waals surface area contributed by atoms with Crippen LogP contribution in [0.3, 0.4) is 0 Å². The van der Waals surface area contributed by atoms with Crippen molar-refractivity contribution in [2.75, 3.05) is 56.0 Å². The van der Waals surface area contributed by atoms with Crippen molar-refractivity contribution >= 4 is 23.5 Å². The van der Waals surface area contributed by atoms with Gasteiger partial charge in [0.25, 0.3) is 0 Å². The van der Waals surface area contributed by atoms with Gasteiger partial charge in [-0.3, -0.25) is 9.69 Å². The fourth-order valence-electron chi connectivity index (χ4n) is 5.49. The number of hydrogen-bond donors (Lipinski definition) is 1. The van der Waals surface area contributed by atoms with E-state index in [4.69, 9.17) is 4.74 Å². The van der Waals surface area contributed by atoms with Crippen LogP contribution in [-0.2, 0) is 9.53 Å². The van der Waals surface area contributed by atoms with Gasteiger partial charge >= 0.3 is 18.4 Å². The molecule has 4 rings (SSSR count). The number of alkyl halides is 3. The molecule has 1 aromatic carbocycles. The van der Waals surface area contributed by atoms with Crippen LogP contribution in [0.1, 0.15) is 40.0 Å². The maximum atomic E-state index is 13.1. The first kappa shape index (κ1) is 31.4. The molecule has 2 fully saturated rings. The number of aromatic nitrogens is 1. The van der Waals surface area contributed by atoms with Gasteiger partial charge in [-0.1, -0.05) is 6.07 Å². The molecule has 2 aromatic rings. The maximum absolute atomic E-state index is 13.1. The number of rotatable bonds is 8. The Bertz CT molecular complexity index is 1170. The van der Waals surface area contributed by atoms with E-state index in [1.807, 2.05) is 39.0 Å². The molecule has 12 heteroatoms. The minimum atomic E-state index is -4.78. The fraction of sp³-hybridized carbons (Fsp3) is 0.567. The molecule has 230 valence electrons. The topological polar surface area (TPSA) is 87.2 Å². The van der Waals surface area contributed by atoms with Crippen molar-refractivity contribution in [2.24, 2.45) is 11.8 Å². The number of nitrogens with zero attached hydrogens (tertiary/aromatic N) is 4. The highest BCUT2D eigenvalue weighted by Crippen LogP contribution is 2.31. The molecule has 42 heavy (non-hydrogen) atoms. The number of esters is 1. The molecule has 2 aliphatic rings. The normalized spacial score (nSPS) is 20.2. The van der Waals surface area contributed by atoms with E-state index in [2.05, 4.69) is 24.8 Å². The number of hydrogen-bond acceptors (Lipinski definition) is 7. The number of piperidine rings is 1. The first-order valence-corrected chi connectivity index (χ1v) is 14.4. The van der Waals surface area contributed by atoms with Crippen molar-refractivity contribution in [1.82, 2.24) is 14.8 Å². The summed E-state index contributed by atoms with van der Waals surface area (Å²) < 4.78 is 46.9. The molecule has 2 saturated heterocycles. The fourth-order valence-corrected chi connectivity index (χ4v) is 5.49. The van der Waals surface area contributed by atoms with E-state index >= 15 is 0 Å². The Hall–Kier alpha value is -3.54. The predicted octanol–water partition coefficient (Wildman–Crippen LogP) is 5.39. The summed E-state index contributed by atoms with van der Waals surface area (Å²) in [5, 5.41) is 2.77. The second-order valence-electron chi connectivity index (χ2n) is 11.9. The van der Waals surface area contributed by atoms with Crippen molar-refractivity contribution in [3.63, 3.8) is 0 Å². The molecule has 0 radical (unpaired) electrons. The molecular formula is C30H40F3N5O4. The number of urea groups is 1. The Labute approximate surface area is 245 Å². The molecule has 0 unspecified atom stereocenters. The van der Waals surface area contributed by atoms with E-state index in [1.165, 1.54) is 12.1 Å². The molecule has 2 aliphatic heterocycles. The number of carbonyl (C=O) groups is 2. The third kappa shape index (κ3) is 9.78.